The Morgan fingerprint density at radius 3 is 2.69 bits per heavy atom. The first kappa shape index (κ1) is 9.86. The fraction of sp³-hybridized carbons (Fsp3) is 0.333. The van der Waals surface area contributed by atoms with Crippen molar-refractivity contribution in [2.24, 2.45) is 11.7 Å². The van der Waals surface area contributed by atoms with E-state index in [0.29, 0.717) is 11.3 Å². The van der Waals surface area contributed by atoms with E-state index in [1.165, 1.54) is 22.8 Å². The lowest BCUT2D eigenvalue weighted by Crippen LogP contribution is -2.12. The van der Waals surface area contributed by atoms with Crippen LogP contribution in [0.1, 0.15) is 18.9 Å². The van der Waals surface area contributed by atoms with Crippen LogP contribution in [0.15, 0.2) is 42.5 Å². The van der Waals surface area contributed by atoms with E-state index in [1.807, 2.05) is 0 Å². The molecule has 1 aliphatic rings. The molecule has 0 spiro atoms. The zero-order valence-electron chi connectivity index (χ0n) is 9.61. The highest BCUT2D eigenvalue weighted by Crippen LogP contribution is 2.54. The van der Waals surface area contributed by atoms with Gasteiger partial charge in [0.05, 0.1) is 0 Å². The van der Waals surface area contributed by atoms with Crippen molar-refractivity contribution in [1.82, 2.24) is 0 Å². The molecular formula is C15H17N. The van der Waals surface area contributed by atoms with E-state index >= 15 is 0 Å². The Morgan fingerprint density at radius 2 is 1.94 bits per heavy atom. The summed E-state index contributed by atoms with van der Waals surface area (Å²) < 4.78 is 0. The van der Waals surface area contributed by atoms with Crippen LogP contribution in [0, 0.1) is 5.92 Å². The Hall–Kier alpha value is -1.34. The van der Waals surface area contributed by atoms with E-state index in [0.717, 1.165) is 6.54 Å². The molecule has 0 aliphatic heterocycles. The lowest BCUT2D eigenvalue weighted by molar-refractivity contribution is 0.671. The highest BCUT2D eigenvalue weighted by molar-refractivity contribution is 5.87. The van der Waals surface area contributed by atoms with Crippen LogP contribution in [0.5, 0.6) is 0 Å². The van der Waals surface area contributed by atoms with Crippen LogP contribution >= 0.6 is 0 Å². The van der Waals surface area contributed by atoms with Crippen LogP contribution in [-0.2, 0) is 5.41 Å². The number of hydrogen-bond donors (Lipinski definition) is 1. The van der Waals surface area contributed by atoms with Gasteiger partial charge in [-0.2, -0.15) is 0 Å². The summed E-state index contributed by atoms with van der Waals surface area (Å²) in [5.41, 5.74) is 7.58. The molecule has 1 aliphatic carbocycles. The molecule has 0 bridgehead atoms. The predicted molar refractivity (Wildman–Crippen MR) is 68.5 cm³/mol. The molecule has 16 heavy (non-hydrogen) atoms. The van der Waals surface area contributed by atoms with Gasteiger partial charge in [-0.1, -0.05) is 49.4 Å². The molecule has 0 saturated heterocycles. The molecule has 1 fully saturated rings. The van der Waals surface area contributed by atoms with Crippen LogP contribution in [0.2, 0.25) is 0 Å². The van der Waals surface area contributed by atoms with Gasteiger partial charge in [-0.15, -0.1) is 0 Å². The minimum Gasteiger partial charge on any atom is -0.330 e. The Labute approximate surface area is 96.3 Å². The maximum absolute atomic E-state index is 5.79. The minimum absolute atomic E-state index is 0.315. The van der Waals surface area contributed by atoms with Gasteiger partial charge < -0.3 is 5.73 Å². The first-order valence-corrected chi connectivity index (χ1v) is 5.94. The van der Waals surface area contributed by atoms with Gasteiger partial charge >= 0.3 is 0 Å². The summed E-state index contributed by atoms with van der Waals surface area (Å²) in [6, 6.07) is 15.2. The minimum atomic E-state index is 0.315. The SMILES string of the molecule is CC1(c2cccc3ccccc23)CC1CN. The third-order valence-corrected chi connectivity index (χ3v) is 4.10. The molecule has 1 nitrogen and oxygen atoms in total. The molecule has 0 amide bonds. The first-order chi connectivity index (χ1) is 7.75. The van der Waals surface area contributed by atoms with Gasteiger partial charge in [0.15, 0.2) is 0 Å². The fourth-order valence-electron chi connectivity index (χ4n) is 2.85. The summed E-state index contributed by atoms with van der Waals surface area (Å²) in [6.45, 7) is 3.14. The molecule has 2 N–H and O–H groups in total. The largest absolute Gasteiger partial charge is 0.330 e. The van der Waals surface area contributed by atoms with Crippen molar-refractivity contribution < 1.29 is 0 Å². The second kappa shape index (κ2) is 3.33. The lowest BCUT2D eigenvalue weighted by Gasteiger charge is -2.14. The smallest absolute Gasteiger partial charge is 0.00251 e. The molecule has 2 atom stereocenters. The summed E-state index contributed by atoms with van der Waals surface area (Å²) in [5, 5.41) is 2.73. The van der Waals surface area contributed by atoms with Gasteiger partial charge in [-0.05, 0) is 40.6 Å². The molecule has 82 valence electrons. The van der Waals surface area contributed by atoms with E-state index in [4.69, 9.17) is 5.73 Å². The summed E-state index contributed by atoms with van der Waals surface area (Å²) in [4.78, 5) is 0. The topological polar surface area (TPSA) is 26.0 Å². The maximum Gasteiger partial charge on any atom is -0.00251 e. The third-order valence-electron chi connectivity index (χ3n) is 4.10. The van der Waals surface area contributed by atoms with Gasteiger partial charge in [0.1, 0.15) is 0 Å². The van der Waals surface area contributed by atoms with Crippen molar-refractivity contribution in [2.75, 3.05) is 6.54 Å². The second-order valence-electron chi connectivity index (χ2n) is 5.08. The van der Waals surface area contributed by atoms with Crippen LogP contribution in [0.25, 0.3) is 10.8 Å². The van der Waals surface area contributed by atoms with Crippen LogP contribution in [0.4, 0.5) is 0 Å². The standard InChI is InChI=1S/C15H17N/c1-15(9-12(15)10-16)14-8-4-6-11-5-2-3-7-13(11)14/h2-8,12H,9-10,16H2,1H3. The Balaban J connectivity index is 2.18. The van der Waals surface area contributed by atoms with Crippen LogP contribution in [0.3, 0.4) is 0 Å². The Kier molecular flexibility index (Phi) is 2.05. The molecule has 3 rings (SSSR count). The van der Waals surface area contributed by atoms with Crippen molar-refractivity contribution in [3.05, 3.63) is 48.0 Å². The normalized spacial score (nSPS) is 28.2. The number of benzene rings is 2. The van der Waals surface area contributed by atoms with Crippen molar-refractivity contribution in [3.63, 3.8) is 0 Å². The van der Waals surface area contributed by atoms with Crippen LogP contribution < -0.4 is 5.73 Å². The lowest BCUT2D eigenvalue weighted by atomic mass is 9.90. The highest BCUT2D eigenvalue weighted by Gasteiger charge is 2.50. The summed E-state index contributed by atoms with van der Waals surface area (Å²) in [7, 11) is 0. The zero-order valence-corrected chi connectivity index (χ0v) is 9.61. The number of hydrogen-bond acceptors (Lipinski definition) is 1. The molecular weight excluding hydrogens is 194 g/mol. The Bertz CT molecular complexity index is 526. The predicted octanol–water partition coefficient (Wildman–Crippen LogP) is 3.08. The molecule has 1 heteroatoms. The summed E-state index contributed by atoms with van der Waals surface area (Å²) >= 11 is 0. The fourth-order valence-corrected chi connectivity index (χ4v) is 2.85. The van der Waals surface area contributed by atoms with E-state index < -0.39 is 0 Å². The Morgan fingerprint density at radius 1 is 1.19 bits per heavy atom. The van der Waals surface area contributed by atoms with E-state index in [1.54, 1.807) is 0 Å². The van der Waals surface area contributed by atoms with Gasteiger partial charge in [0, 0.05) is 0 Å². The van der Waals surface area contributed by atoms with Crippen molar-refractivity contribution in [2.45, 2.75) is 18.8 Å². The second-order valence-corrected chi connectivity index (χ2v) is 5.08. The third kappa shape index (κ3) is 1.28. The van der Waals surface area contributed by atoms with Crippen molar-refractivity contribution in [3.8, 4) is 0 Å². The average Bonchev–Trinajstić information content (AvgIpc) is 3.01. The summed E-state index contributed by atoms with van der Waals surface area (Å²) in [6.07, 6.45) is 1.23. The average molecular weight is 211 g/mol. The van der Waals surface area contributed by atoms with Gasteiger partial charge in [0.25, 0.3) is 0 Å². The molecule has 2 aromatic carbocycles. The monoisotopic (exact) mass is 211 g/mol. The molecule has 0 radical (unpaired) electrons. The van der Waals surface area contributed by atoms with E-state index in [2.05, 4.69) is 49.4 Å². The zero-order chi connectivity index (χ0) is 11.2. The van der Waals surface area contributed by atoms with E-state index in [9.17, 15) is 0 Å². The molecule has 1 saturated carbocycles. The van der Waals surface area contributed by atoms with Crippen LogP contribution in [-0.4, -0.2) is 6.54 Å². The van der Waals surface area contributed by atoms with Crippen molar-refractivity contribution >= 4 is 10.8 Å². The van der Waals surface area contributed by atoms with Gasteiger partial charge in [-0.3, -0.25) is 0 Å². The maximum atomic E-state index is 5.79. The molecule has 0 heterocycles. The first-order valence-electron chi connectivity index (χ1n) is 5.94. The quantitative estimate of drug-likeness (QED) is 0.811. The highest BCUT2D eigenvalue weighted by atomic mass is 14.7. The van der Waals surface area contributed by atoms with Crippen molar-refractivity contribution in [1.29, 1.82) is 0 Å². The van der Waals surface area contributed by atoms with E-state index in [-0.39, 0.29) is 0 Å². The summed E-state index contributed by atoms with van der Waals surface area (Å²) in [5.74, 6) is 0.665. The molecule has 0 aromatic heterocycles. The number of nitrogens with two attached hydrogens (primary N) is 1. The molecule has 2 aromatic rings. The van der Waals surface area contributed by atoms with Gasteiger partial charge in [-0.25, -0.2) is 0 Å². The number of rotatable bonds is 2. The van der Waals surface area contributed by atoms with Gasteiger partial charge in [0.2, 0.25) is 0 Å². The number of fused-ring (bicyclic) bond motifs is 1. The molecule has 2 unspecified atom stereocenters.